The van der Waals surface area contributed by atoms with E-state index in [9.17, 15) is 4.79 Å². The third kappa shape index (κ3) is 5.78. The van der Waals surface area contributed by atoms with Gasteiger partial charge in [-0.3, -0.25) is 4.79 Å². The average Bonchev–Trinajstić information content (AvgIpc) is 3.03. The van der Waals surface area contributed by atoms with E-state index < -0.39 is 6.04 Å². The maximum absolute atomic E-state index is 13.0. The first-order valence-corrected chi connectivity index (χ1v) is 8.69. The number of likely N-dealkylation sites (N-methyl/N-ethyl adjacent to an activating group) is 1. The summed E-state index contributed by atoms with van der Waals surface area (Å²) in [5.41, 5.74) is 7.18. The van der Waals surface area contributed by atoms with Crippen molar-refractivity contribution in [3.05, 3.63) is 41.7 Å². The van der Waals surface area contributed by atoms with Crippen molar-refractivity contribution in [1.29, 1.82) is 0 Å². The summed E-state index contributed by atoms with van der Waals surface area (Å²) in [6.45, 7) is 6.61. The Hall–Kier alpha value is -1.99. The van der Waals surface area contributed by atoms with Crippen molar-refractivity contribution < 1.29 is 4.79 Å². The number of nitrogens with zero attached hydrogens (tertiary/aromatic N) is 5. The summed E-state index contributed by atoms with van der Waals surface area (Å²) in [6.07, 6.45) is 1.32. The van der Waals surface area contributed by atoms with E-state index in [1.807, 2.05) is 37.4 Å². The number of rotatable bonds is 8. The molecule has 0 fully saturated rings. The molecule has 0 aliphatic heterocycles. The van der Waals surface area contributed by atoms with E-state index in [-0.39, 0.29) is 24.4 Å². The van der Waals surface area contributed by atoms with Crippen molar-refractivity contribution in [2.75, 3.05) is 13.6 Å². The van der Waals surface area contributed by atoms with Crippen molar-refractivity contribution in [3.63, 3.8) is 0 Å². The molecule has 8 heteroatoms. The monoisotopic (exact) mass is 380 g/mol. The molecule has 7 nitrogen and oxygen atoms in total. The van der Waals surface area contributed by atoms with Gasteiger partial charge in [0, 0.05) is 26.1 Å². The molecule has 2 rings (SSSR count). The number of aromatic nitrogens is 4. The molecule has 2 aromatic rings. The van der Waals surface area contributed by atoms with Gasteiger partial charge in [0.15, 0.2) is 0 Å². The molecule has 0 aliphatic carbocycles. The van der Waals surface area contributed by atoms with Gasteiger partial charge in [-0.05, 0) is 35.3 Å². The fraction of sp³-hybridized carbons (Fsp3) is 0.556. The standard InChI is InChI=1S/C18H28N6O.ClH/c1-13(2)16(19)10-11-23(4)18(25)17(24-14(3)20-21-22-24)12-15-8-6-5-7-9-15;/h5-9,13,16-17H,10-12,19H2,1-4H3;1H. The zero-order chi connectivity index (χ0) is 18.4. The maximum atomic E-state index is 13.0. The van der Waals surface area contributed by atoms with Crippen molar-refractivity contribution >= 4 is 18.3 Å². The van der Waals surface area contributed by atoms with Crippen LogP contribution in [-0.2, 0) is 11.2 Å². The van der Waals surface area contributed by atoms with Crippen LogP contribution in [0.2, 0.25) is 0 Å². The van der Waals surface area contributed by atoms with Gasteiger partial charge in [0.25, 0.3) is 0 Å². The molecule has 0 saturated carbocycles. The Kier molecular flexibility index (Phi) is 8.68. The minimum Gasteiger partial charge on any atom is -0.344 e. The number of carbonyl (C=O) groups excluding carboxylic acids is 1. The molecule has 0 saturated heterocycles. The second-order valence-electron chi connectivity index (χ2n) is 6.83. The van der Waals surface area contributed by atoms with Gasteiger partial charge in [0.1, 0.15) is 11.9 Å². The summed E-state index contributed by atoms with van der Waals surface area (Å²) in [5, 5.41) is 11.6. The summed E-state index contributed by atoms with van der Waals surface area (Å²) in [7, 11) is 1.81. The molecule has 0 aliphatic rings. The van der Waals surface area contributed by atoms with Crippen LogP contribution in [-0.4, -0.2) is 50.6 Å². The number of nitrogens with two attached hydrogens (primary N) is 1. The number of hydrogen-bond acceptors (Lipinski definition) is 5. The molecule has 1 heterocycles. The number of carbonyl (C=O) groups is 1. The molecule has 0 radical (unpaired) electrons. The first kappa shape index (κ1) is 22.1. The van der Waals surface area contributed by atoms with Crippen LogP contribution < -0.4 is 5.73 Å². The predicted octanol–water partition coefficient (Wildman–Crippen LogP) is 2.02. The van der Waals surface area contributed by atoms with Crippen LogP contribution in [0.15, 0.2) is 30.3 Å². The number of benzene rings is 1. The Bertz CT molecular complexity index is 675. The lowest BCUT2D eigenvalue weighted by molar-refractivity contribution is -0.134. The van der Waals surface area contributed by atoms with Gasteiger partial charge in [0.2, 0.25) is 5.91 Å². The molecule has 26 heavy (non-hydrogen) atoms. The zero-order valence-electron chi connectivity index (χ0n) is 15.9. The van der Waals surface area contributed by atoms with E-state index in [0.717, 1.165) is 12.0 Å². The van der Waals surface area contributed by atoms with Crippen LogP contribution in [0.5, 0.6) is 0 Å². The Labute approximate surface area is 161 Å². The third-order valence-corrected chi connectivity index (χ3v) is 4.54. The second-order valence-corrected chi connectivity index (χ2v) is 6.83. The smallest absolute Gasteiger partial charge is 0.247 e. The lowest BCUT2D eigenvalue weighted by atomic mass is 10.0. The van der Waals surface area contributed by atoms with Crippen LogP contribution in [0.3, 0.4) is 0 Å². The van der Waals surface area contributed by atoms with Gasteiger partial charge in [0.05, 0.1) is 0 Å². The largest absolute Gasteiger partial charge is 0.344 e. The summed E-state index contributed by atoms with van der Waals surface area (Å²) in [4.78, 5) is 14.8. The first-order chi connectivity index (χ1) is 11.9. The highest BCUT2D eigenvalue weighted by Gasteiger charge is 2.27. The molecule has 1 amide bonds. The molecule has 0 bridgehead atoms. The van der Waals surface area contributed by atoms with Gasteiger partial charge in [-0.15, -0.1) is 17.5 Å². The molecular weight excluding hydrogens is 352 g/mol. The topological polar surface area (TPSA) is 89.9 Å². The average molecular weight is 381 g/mol. The Morgan fingerprint density at radius 2 is 1.92 bits per heavy atom. The van der Waals surface area contributed by atoms with Gasteiger partial charge in [-0.2, -0.15) is 0 Å². The quantitative estimate of drug-likeness (QED) is 0.756. The Morgan fingerprint density at radius 3 is 2.46 bits per heavy atom. The van der Waals surface area contributed by atoms with Gasteiger partial charge < -0.3 is 10.6 Å². The highest BCUT2D eigenvalue weighted by Crippen LogP contribution is 2.17. The van der Waals surface area contributed by atoms with Crippen LogP contribution in [0.1, 0.15) is 37.7 Å². The van der Waals surface area contributed by atoms with E-state index in [1.165, 1.54) is 0 Å². The molecular formula is C18H29ClN6O. The highest BCUT2D eigenvalue weighted by atomic mass is 35.5. The van der Waals surface area contributed by atoms with E-state index in [4.69, 9.17) is 5.73 Å². The van der Waals surface area contributed by atoms with E-state index in [0.29, 0.717) is 24.7 Å². The molecule has 2 atom stereocenters. The van der Waals surface area contributed by atoms with Gasteiger partial charge in [-0.25, -0.2) is 4.68 Å². The van der Waals surface area contributed by atoms with Crippen LogP contribution in [0.4, 0.5) is 0 Å². The van der Waals surface area contributed by atoms with Gasteiger partial charge >= 0.3 is 0 Å². The number of amides is 1. The molecule has 2 N–H and O–H groups in total. The van der Waals surface area contributed by atoms with Crippen LogP contribution in [0.25, 0.3) is 0 Å². The van der Waals surface area contributed by atoms with Crippen LogP contribution >= 0.6 is 12.4 Å². The molecule has 144 valence electrons. The van der Waals surface area contributed by atoms with Crippen molar-refractivity contribution in [2.24, 2.45) is 11.7 Å². The van der Waals surface area contributed by atoms with Crippen molar-refractivity contribution in [2.45, 2.75) is 45.7 Å². The maximum Gasteiger partial charge on any atom is 0.247 e. The Balaban J connectivity index is 0.00000338. The van der Waals surface area contributed by atoms with Crippen molar-refractivity contribution in [3.8, 4) is 0 Å². The molecule has 0 spiro atoms. The van der Waals surface area contributed by atoms with E-state index >= 15 is 0 Å². The lowest BCUT2D eigenvalue weighted by Crippen LogP contribution is -2.39. The zero-order valence-corrected chi connectivity index (χ0v) is 16.7. The third-order valence-electron chi connectivity index (χ3n) is 4.54. The predicted molar refractivity (Wildman–Crippen MR) is 104 cm³/mol. The van der Waals surface area contributed by atoms with Gasteiger partial charge in [-0.1, -0.05) is 44.2 Å². The highest BCUT2D eigenvalue weighted by molar-refractivity contribution is 5.85. The normalized spacial score (nSPS) is 13.2. The van der Waals surface area contributed by atoms with Crippen LogP contribution in [0, 0.1) is 12.8 Å². The number of hydrogen-bond donors (Lipinski definition) is 1. The fourth-order valence-electron chi connectivity index (χ4n) is 2.68. The fourth-order valence-corrected chi connectivity index (χ4v) is 2.68. The van der Waals surface area contributed by atoms with E-state index in [1.54, 1.807) is 16.5 Å². The summed E-state index contributed by atoms with van der Waals surface area (Å²) < 4.78 is 1.61. The number of halogens is 1. The molecule has 1 aromatic carbocycles. The van der Waals surface area contributed by atoms with E-state index in [2.05, 4.69) is 29.4 Å². The lowest BCUT2D eigenvalue weighted by Gasteiger charge is -2.26. The minimum atomic E-state index is -0.460. The summed E-state index contributed by atoms with van der Waals surface area (Å²) in [5.74, 6) is 1.02. The first-order valence-electron chi connectivity index (χ1n) is 8.69. The van der Waals surface area contributed by atoms with Crippen molar-refractivity contribution in [1.82, 2.24) is 25.1 Å². The Morgan fingerprint density at radius 1 is 1.27 bits per heavy atom. The number of aryl methyl sites for hydroxylation is 1. The molecule has 2 unspecified atom stereocenters. The SMILES string of the molecule is Cc1nnnn1C(Cc1ccccc1)C(=O)N(C)CCC(N)C(C)C.Cl. The summed E-state index contributed by atoms with van der Waals surface area (Å²) >= 11 is 0. The minimum absolute atomic E-state index is 0. The second kappa shape index (κ2) is 10.2. The number of tetrazole rings is 1. The summed E-state index contributed by atoms with van der Waals surface area (Å²) in [6, 6.07) is 9.53. The molecule has 1 aromatic heterocycles.